The molecule has 0 aliphatic carbocycles. The number of hydrogen-bond acceptors (Lipinski definition) is 7. The van der Waals surface area contributed by atoms with E-state index >= 15 is 0 Å². The van der Waals surface area contributed by atoms with Crippen LogP contribution in [0, 0.1) is 0 Å². The van der Waals surface area contributed by atoms with Gasteiger partial charge in [0, 0.05) is 25.6 Å². The van der Waals surface area contributed by atoms with Crippen LogP contribution < -0.4 is 5.32 Å². The second-order valence-electron chi connectivity index (χ2n) is 7.03. The molecule has 1 aromatic heterocycles. The van der Waals surface area contributed by atoms with Crippen molar-refractivity contribution >= 4 is 17.2 Å². The summed E-state index contributed by atoms with van der Waals surface area (Å²) in [6.07, 6.45) is 0. The van der Waals surface area contributed by atoms with E-state index in [2.05, 4.69) is 10.5 Å². The summed E-state index contributed by atoms with van der Waals surface area (Å²) in [5, 5.41) is 29.0. The molecule has 8 nitrogen and oxygen atoms in total. The van der Waals surface area contributed by atoms with Gasteiger partial charge in [0.1, 0.15) is 17.2 Å². The summed E-state index contributed by atoms with van der Waals surface area (Å²) in [5.41, 5.74) is 2.51. The number of nitrogens with zero attached hydrogens (tertiary/aromatic N) is 2. The number of carbonyl (C=O) groups excluding carboxylic acids is 1. The third-order valence-electron chi connectivity index (χ3n) is 4.57. The normalized spacial score (nSPS) is 14.6. The maximum absolute atomic E-state index is 11.1. The summed E-state index contributed by atoms with van der Waals surface area (Å²) < 4.78 is 5.47. The third kappa shape index (κ3) is 3.96. The second kappa shape index (κ2) is 7.93. The first-order valence-corrected chi connectivity index (χ1v) is 9.22. The highest BCUT2D eigenvalue weighted by molar-refractivity contribution is 5.90. The number of hydroxylamine groups is 2. The molecule has 2 aromatic rings. The fourth-order valence-electron chi connectivity index (χ4n) is 3.03. The number of rotatable bonds is 6. The lowest BCUT2D eigenvalue weighted by Crippen LogP contribution is -2.19. The summed E-state index contributed by atoms with van der Waals surface area (Å²) >= 11 is 0. The highest BCUT2D eigenvalue weighted by atomic mass is 16.7. The van der Waals surface area contributed by atoms with Crippen molar-refractivity contribution in [2.75, 3.05) is 13.1 Å². The minimum absolute atomic E-state index is 0.0426. The molecule has 0 fully saturated rings. The van der Waals surface area contributed by atoms with Crippen LogP contribution in [-0.2, 0) is 16.2 Å². The molecule has 0 unspecified atom stereocenters. The number of benzene rings is 1. The van der Waals surface area contributed by atoms with Gasteiger partial charge in [-0.2, -0.15) is 0 Å². The molecule has 0 saturated carbocycles. The number of hydrogen-bond donors (Lipinski definition) is 3. The number of carbonyl (C=O) groups is 1. The van der Waals surface area contributed by atoms with Crippen LogP contribution in [-0.4, -0.2) is 39.4 Å². The van der Waals surface area contributed by atoms with Gasteiger partial charge in [-0.25, -0.2) is 0 Å². The summed E-state index contributed by atoms with van der Waals surface area (Å²) in [6, 6.07) is 4.81. The number of amides is 1. The van der Waals surface area contributed by atoms with E-state index in [0.29, 0.717) is 41.4 Å². The number of phenolic OH excluding ortho intramolecular Hbond substituents is 2. The van der Waals surface area contributed by atoms with Crippen molar-refractivity contribution in [3.8, 4) is 11.5 Å². The van der Waals surface area contributed by atoms with Gasteiger partial charge in [0.2, 0.25) is 5.91 Å². The van der Waals surface area contributed by atoms with Gasteiger partial charge in [-0.3, -0.25) is 4.79 Å². The fraction of sp³-hybridized carbons (Fsp3) is 0.400. The molecule has 1 aliphatic heterocycles. The quantitative estimate of drug-likeness (QED) is 0.699. The van der Waals surface area contributed by atoms with Gasteiger partial charge in [0.05, 0.1) is 24.2 Å². The lowest BCUT2D eigenvalue weighted by molar-refractivity contribution is -0.119. The Bertz CT molecular complexity index is 917. The van der Waals surface area contributed by atoms with Crippen molar-refractivity contribution in [3.05, 3.63) is 40.8 Å². The Morgan fingerprint density at radius 3 is 2.68 bits per heavy atom. The number of aromatic hydroxyl groups is 2. The zero-order valence-corrected chi connectivity index (χ0v) is 16.4. The maximum Gasteiger partial charge on any atom is 0.217 e. The van der Waals surface area contributed by atoms with Gasteiger partial charge in [-0.15, -0.1) is 5.06 Å². The zero-order valence-electron chi connectivity index (χ0n) is 16.4. The second-order valence-corrected chi connectivity index (χ2v) is 7.03. The summed E-state index contributed by atoms with van der Waals surface area (Å²) in [4.78, 5) is 17.0. The van der Waals surface area contributed by atoms with Gasteiger partial charge >= 0.3 is 0 Å². The largest absolute Gasteiger partial charge is 0.508 e. The van der Waals surface area contributed by atoms with E-state index < -0.39 is 0 Å². The van der Waals surface area contributed by atoms with Crippen LogP contribution in [0.3, 0.4) is 0 Å². The highest BCUT2D eigenvalue weighted by Gasteiger charge is 2.30. The molecular weight excluding hydrogens is 362 g/mol. The average molecular weight is 387 g/mol. The number of aromatic nitrogens is 1. The topological polar surface area (TPSA) is 108 Å². The van der Waals surface area contributed by atoms with Gasteiger partial charge in [-0.05, 0) is 24.5 Å². The lowest BCUT2D eigenvalue weighted by Gasteiger charge is -2.16. The van der Waals surface area contributed by atoms with Crippen molar-refractivity contribution in [1.82, 2.24) is 15.5 Å². The summed E-state index contributed by atoms with van der Waals surface area (Å²) in [6.45, 7) is 8.67. The monoisotopic (exact) mass is 387 g/mol. The lowest BCUT2D eigenvalue weighted by atomic mass is 9.96. The van der Waals surface area contributed by atoms with Gasteiger partial charge in [0.25, 0.3) is 0 Å². The molecule has 1 aromatic carbocycles. The molecule has 3 N–H and O–H groups in total. The van der Waals surface area contributed by atoms with E-state index in [4.69, 9.17) is 9.36 Å². The Labute approximate surface area is 163 Å². The molecule has 2 heterocycles. The van der Waals surface area contributed by atoms with E-state index in [1.54, 1.807) is 17.2 Å². The van der Waals surface area contributed by atoms with Crippen LogP contribution in [0.2, 0.25) is 0 Å². The highest BCUT2D eigenvalue weighted by Crippen LogP contribution is 2.41. The van der Waals surface area contributed by atoms with E-state index in [0.717, 1.165) is 5.57 Å². The Morgan fingerprint density at radius 2 is 2.04 bits per heavy atom. The third-order valence-corrected chi connectivity index (χ3v) is 4.57. The van der Waals surface area contributed by atoms with Crippen LogP contribution in [0.4, 0.5) is 0 Å². The predicted molar refractivity (Wildman–Crippen MR) is 103 cm³/mol. The molecule has 0 radical (unpaired) electrons. The van der Waals surface area contributed by atoms with E-state index in [-0.39, 0.29) is 29.9 Å². The van der Waals surface area contributed by atoms with Crippen molar-refractivity contribution < 1.29 is 24.4 Å². The molecule has 1 amide bonds. The summed E-state index contributed by atoms with van der Waals surface area (Å²) in [7, 11) is 0. The number of phenols is 2. The standard InChI is InChI=1S/C20H25N3O5/c1-5-23-10-16(19-6-13(22-27-19)9-21-12(4)24)20(28-23)15-7-14(11(2)3)17(25)8-18(15)26/h6-8,11,25-26H,5,9-10H2,1-4H3,(H,21,24). The first-order chi connectivity index (χ1) is 13.3. The van der Waals surface area contributed by atoms with Crippen LogP contribution in [0.15, 0.2) is 22.7 Å². The van der Waals surface area contributed by atoms with Crippen LogP contribution >= 0.6 is 0 Å². The Balaban J connectivity index is 2.03. The fourth-order valence-corrected chi connectivity index (χ4v) is 3.03. The molecule has 8 heteroatoms. The van der Waals surface area contributed by atoms with Crippen LogP contribution in [0.25, 0.3) is 11.3 Å². The van der Waals surface area contributed by atoms with Crippen LogP contribution in [0.1, 0.15) is 56.2 Å². The molecule has 0 saturated heterocycles. The minimum Gasteiger partial charge on any atom is -0.508 e. The van der Waals surface area contributed by atoms with Crippen molar-refractivity contribution in [2.45, 2.75) is 40.2 Å². The average Bonchev–Trinajstić information content (AvgIpc) is 3.26. The van der Waals surface area contributed by atoms with Crippen LogP contribution in [0.5, 0.6) is 11.5 Å². The van der Waals surface area contributed by atoms with E-state index in [1.807, 2.05) is 20.8 Å². The molecule has 28 heavy (non-hydrogen) atoms. The maximum atomic E-state index is 11.1. The Kier molecular flexibility index (Phi) is 5.60. The molecular formula is C20H25N3O5. The minimum atomic E-state index is -0.152. The smallest absolute Gasteiger partial charge is 0.217 e. The van der Waals surface area contributed by atoms with Crippen molar-refractivity contribution in [1.29, 1.82) is 0 Å². The Morgan fingerprint density at radius 1 is 1.29 bits per heavy atom. The SMILES string of the molecule is CCN1CC(c2cc(CNC(C)=O)no2)=C(c2cc(C(C)C)c(O)cc2O)O1. The van der Waals surface area contributed by atoms with Gasteiger partial charge < -0.3 is 24.9 Å². The first kappa shape index (κ1) is 19.8. The molecule has 1 aliphatic rings. The van der Waals surface area contributed by atoms with Gasteiger partial charge in [0.15, 0.2) is 11.5 Å². The summed E-state index contributed by atoms with van der Waals surface area (Å²) in [5.74, 6) is 0.849. The molecule has 0 bridgehead atoms. The number of likely N-dealkylation sites (N-methyl/N-ethyl adjacent to an activating group) is 1. The molecule has 0 spiro atoms. The van der Waals surface area contributed by atoms with Gasteiger partial charge in [-0.1, -0.05) is 19.0 Å². The van der Waals surface area contributed by atoms with E-state index in [9.17, 15) is 15.0 Å². The molecule has 0 atom stereocenters. The molecule has 3 rings (SSSR count). The molecule has 150 valence electrons. The van der Waals surface area contributed by atoms with Crippen molar-refractivity contribution in [3.63, 3.8) is 0 Å². The first-order valence-electron chi connectivity index (χ1n) is 9.22. The Hall–Kier alpha value is -3.00. The zero-order chi connectivity index (χ0) is 20.4. The number of nitrogens with one attached hydrogen (secondary N) is 1. The van der Waals surface area contributed by atoms with Crippen molar-refractivity contribution in [2.24, 2.45) is 0 Å². The predicted octanol–water partition coefficient (Wildman–Crippen LogP) is 2.98. The van der Waals surface area contributed by atoms with E-state index in [1.165, 1.54) is 13.0 Å².